The van der Waals surface area contributed by atoms with Crippen molar-refractivity contribution in [3.8, 4) is 0 Å². The van der Waals surface area contributed by atoms with Crippen LogP contribution in [0.1, 0.15) is 23.7 Å². The molecule has 0 aliphatic rings. The summed E-state index contributed by atoms with van der Waals surface area (Å²) in [5.74, 6) is 0.195. The van der Waals surface area contributed by atoms with E-state index in [1.165, 1.54) is 0 Å². The minimum atomic E-state index is -0.436. The normalized spacial score (nSPS) is 10.1. The van der Waals surface area contributed by atoms with Crippen LogP contribution in [0.3, 0.4) is 0 Å². The van der Waals surface area contributed by atoms with Crippen LogP contribution in [0.5, 0.6) is 0 Å². The molecule has 0 unspecified atom stereocenters. The van der Waals surface area contributed by atoms with Crippen molar-refractivity contribution in [3.05, 3.63) is 28.8 Å². The number of thioether (sulfide) groups is 1. The molecule has 0 saturated heterocycles. The topological polar surface area (TPSA) is 72.2 Å². The van der Waals surface area contributed by atoms with Gasteiger partial charge in [0, 0.05) is 22.9 Å². The van der Waals surface area contributed by atoms with Gasteiger partial charge in [0.2, 0.25) is 5.91 Å². The molecule has 0 aliphatic heterocycles. The van der Waals surface area contributed by atoms with Crippen molar-refractivity contribution < 1.29 is 9.59 Å². The van der Waals surface area contributed by atoms with Gasteiger partial charge in [0.1, 0.15) is 0 Å². The molecular weight excluding hydrogens is 272 g/mol. The van der Waals surface area contributed by atoms with Crippen molar-refractivity contribution in [1.82, 2.24) is 5.32 Å². The van der Waals surface area contributed by atoms with Gasteiger partial charge in [0.05, 0.1) is 5.56 Å². The quantitative estimate of drug-likeness (QED) is 0.786. The Balaban J connectivity index is 2.74. The largest absolute Gasteiger partial charge is 0.370 e. The molecule has 18 heavy (non-hydrogen) atoms. The number of primary amides is 1. The first-order valence-electron chi connectivity index (χ1n) is 5.53. The molecule has 0 spiro atoms. The summed E-state index contributed by atoms with van der Waals surface area (Å²) in [6.45, 7) is 2.24. The van der Waals surface area contributed by atoms with Crippen molar-refractivity contribution in [2.24, 2.45) is 5.73 Å². The highest BCUT2D eigenvalue weighted by molar-refractivity contribution is 7.99. The van der Waals surface area contributed by atoms with Crippen LogP contribution < -0.4 is 11.1 Å². The molecule has 0 aromatic heterocycles. The van der Waals surface area contributed by atoms with E-state index in [4.69, 9.17) is 17.3 Å². The van der Waals surface area contributed by atoms with Crippen LogP contribution in [0.15, 0.2) is 23.1 Å². The highest BCUT2D eigenvalue weighted by Crippen LogP contribution is 2.26. The van der Waals surface area contributed by atoms with Gasteiger partial charge < -0.3 is 11.1 Å². The molecule has 2 amide bonds. The summed E-state index contributed by atoms with van der Waals surface area (Å²) in [6, 6.07) is 5.11. The van der Waals surface area contributed by atoms with Crippen molar-refractivity contribution in [3.63, 3.8) is 0 Å². The molecule has 0 heterocycles. The zero-order chi connectivity index (χ0) is 13.5. The Labute approximate surface area is 115 Å². The Bertz CT molecular complexity index is 452. The summed E-state index contributed by atoms with van der Waals surface area (Å²) in [7, 11) is 0. The van der Waals surface area contributed by atoms with E-state index in [-0.39, 0.29) is 18.9 Å². The number of amides is 2. The Hall–Kier alpha value is -1.20. The van der Waals surface area contributed by atoms with Gasteiger partial charge in [-0.15, -0.1) is 11.8 Å². The van der Waals surface area contributed by atoms with E-state index in [0.29, 0.717) is 10.6 Å². The second-order valence-electron chi connectivity index (χ2n) is 3.55. The minimum Gasteiger partial charge on any atom is -0.370 e. The molecule has 1 aromatic rings. The molecular formula is C12H15ClN2O2S. The van der Waals surface area contributed by atoms with Gasteiger partial charge in [-0.1, -0.05) is 18.5 Å². The summed E-state index contributed by atoms with van der Waals surface area (Å²) in [6.07, 6.45) is 0.135. The highest BCUT2D eigenvalue weighted by atomic mass is 35.5. The fourth-order valence-corrected chi connectivity index (χ4v) is 2.43. The number of hydrogen-bond donors (Lipinski definition) is 2. The van der Waals surface area contributed by atoms with Gasteiger partial charge in [-0.25, -0.2) is 0 Å². The van der Waals surface area contributed by atoms with Crippen molar-refractivity contribution in [2.75, 3.05) is 12.3 Å². The number of rotatable bonds is 6. The molecule has 98 valence electrons. The molecule has 0 saturated carbocycles. The van der Waals surface area contributed by atoms with E-state index in [9.17, 15) is 9.59 Å². The third-order valence-electron chi connectivity index (χ3n) is 2.15. The number of nitrogens with one attached hydrogen (secondary N) is 1. The number of hydrogen-bond acceptors (Lipinski definition) is 3. The lowest BCUT2D eigenvalue weighted by molar-refractivity contribution is -0.117. The lowest BCUT2D eigenvalue weighted by Crippen LogP contribution is -2.28. The third-order valence-corrected chi connectivity index (χ3v) is 3.32. The Kier molecular flexibility index (Phi) is 6.01. The minimum absolute atomic E-state index is 0.135. The summed E-state index contributed by atoms with van der Waals surface area (Å²) < 4.78 is 0. The molecule has 0 radical (unpaired) electrons. The van der Waals surface area contributed by atoms with Crippen LogP contribution >= 0.6 is 23.4 Å². The first kappa shape index (κ1) is 14.9. The molecule has 3 N–H and O–H groups in total. The van der Waals surface area contributed by atoms with Gasteiger partial charge >= 0.3 is 0 Å². The number of carbonyl (C=O) groups excluding carboxylic acids is 2. The predicted octanol–water partition coefficient (Wildman–Crippen LogP) is 2.06. The molecule has 0 atom stereocenters. The smallest absolute Gasteiger partial charge is 0.252 e. The molecule has 0 bridgehead atoms. The zero-order valence-electron chi connectivity index (χ0n) is 10.0. The summed E-state index contributed by atoms with van der Waals surface area (Å²) in [5, 5.41) is 3.25. The second kappa shape index (κ2) is 7.28. The van der Waals surface area contributed by atoms with E-state index >= 15 is 0 Å². The lowest BCUT2D eigenvalue weighted by Gasteiger charge is -2.09. The maximum absolute atomic E-state index is 11.9. The standard InChI is InChI=1S/C12H15ClN2O2S/c1-2-18-10-7-8(13)3-4-9(10)12(17)15-6-5-11(14)16/h3-4,7H,2,5-6H2,1H3,(H2,14,16)(H,15,17). The van der Waals surface area contributed by atoms with Gasteiger partial charge in [-0.2, -0.15) is 0 Å². The van der Waals surface area contributed by atoms with Crippen LogP contribution in [0.4, 0.5) is 0 Å². The molecule has 0 aliphatic carbocycles. The van der Waals surface area contributed by atoms with E-state index in [1.807, 2.05) is 6.92 Å². The third kappa shape index (κ3) is 4.58. The Morgan fingerprint density at radius 1 is 1.44 bits per heavy atom. The van der Waals surface area contributed by atoms with Gasteiger partial charge in [-0.3, -0.25) is 9.59 Å². The van der Waals surface area contributed by atoms with Crippen LogP contribution in [-0.2, 0) is 4.79 Å². The van der Waals surface area contributed by atoms with Gasteiger partial charge in [0.15, 0.2) is 0 Å². The number of carbonyl (C=O) groups is 2. The molecule has 4 nitrogen and oxygen atoms in total. The van der Waals surface area contributed by atoms with Gasteiger partial charge in [0.25, 0.3) is 5.91 Å². The van der Waals surface area contributed by atoms with E-state index in [0.717, 1.165) is 10.6 Å². The van der Waals surface area contributed by atoms with Crippen molar-refractivity contribution in [2.45, 2.75) is 18.2 Å². The monoisotopic (exact) mass is 286 g/mol. The predicted molar refractivity (Wildman–Crippen MR) is 74.0 cm³/mol. The van der Waals surface area contributed by atoms with E-state index in [1.54, 1.807) is 30.0 Å². The summed E-state index contributed by atoms with van der Waals surface area (Å²) >= 11 is 7.44. The first-order valence-corrected chi connectivity index (χ1v) is 6.89. The molecule has 1 aromatic carbocycles. The van der Waals surface area contributed by atoms with Crippen LogP contribution in [0.25, 0.3) is 0 Å². The maximum atomic E-state index is 11.9. The first-order chi connectivity index (χ1) is 8.54. The van der Waals surface area contributed by atoms with Crippen LogP contribution in [0, 0.1) is 0 Å². The molecule has 0 fully saturated rings. The van der Waals surface area contributed by atoms with Crippen LogP contribution in [0.2, 0.25) is 5.02 Å². The maximum Gasteiger partial charge on any atom is 0.252 e. The van der Waals surface area contributed by atoms with E-state index in [2.05, 4.69) is 5.32 Å². The highest BCUT2D eigenvalue weighted by Gasteiger charge is 2.11. The average molecular weight is 287 g/mol. The van der Waals surface area contributed by atoms with Gasteiger partial charge in [-0.05, 0) is 24.0 Å². The van der Waals surface area contributed by atoms with Crippen molar-refractivity contribution >= 4 is 35.2 Å². The second-order valence-corrected chi connectivity index (χ2v) is 5.29. The zero-order valence-corrected chi connectivity index (χ0v) is 11.6. The lowest BCUT2D eigenvalue weighted by atomic mass is 10.2. The SMILES string of the molecule is CCSc1cc(Cl)ccc1C(=O)NCCC(N)=O. The number of halogens is 1. The van der Waals surface area contributed by atoms with Crippen molar-refractivity contribution in [1.29, 1.82) is 0 Å². The van der Waals surface area contributed by atoms with Crippen LogP contribution in [-0.4, -0.2) is 24.1 Å². The number of nitrogens with two attached hydrogens (primary N) is 1. The average Bonchev–Trinajstić information content (AvgIpc) is 2.29. The Morgan fingerprint density at radius 2 is 2.17 bits per heavy atom. The molecule has 6 heteroatoms. The summed E-state index contributed by atoms with van der Waals surface area (Å²) in [4.78, 5) is 23.3. The molecule has 1 rings (SSSR count). The fourth-order valence-electron chi connectivity index (χ4n) is 1.35. The Morgan fingerprint density at radius 3 is 2.78 bits per heavy atom. The fraction of sp³-hybridized carbons (Fsp3) is 0.333. The summed E-state index contributed by atoms with van der Waals surface area (Å²) in [5.41, 5.74) is 5.57. The number of benzene rings is 1. The van der Waals surface area contributed by atoms with E-state index < -0.39 is 5.91 Å².